The summed E-state index contributed by atoms with van der Waals surface area (Å²) < 4.78 is 5.23. The maximum atomic E-state index is 11.3. The number of nitrogens with one attached hydrogen (secondary N) is 2. The van der Waals surface area contributed by atoms with Gasteiger partial charge in [-0.15, -0.1) is 0 Å². The highest BCUT2D eigenvalue weighted by Crippen LogP contribution is 2.16. The molecular weight excluding hydrogens is 216 g/mol. The molecule has 0 heterocycles. The molecule has 0 atom stereocenters. The SMILES string of the molecule is CCCNC(=O)CNCc1ccccc1OC. The van der Waals surface area contributed by atoms with Gasteiger partial charge in [0.2, 0.25) is 5.91 Å². The van der Waals surface area contributed by atoms with E-state index in [1.54, 1.807) is 7.11 Å². The van der Waals surface area contributed by atoms with Crippen LogP contribution in [0.3, 0.4) is 0 Å². The van der Waals surface area contributed by atoms with Crippen molar-refractivity contribution >= 4 is 5.91 Å². The van der Waals surface area contributed by atoms with E-state index < -0.39 is 0 Å². The minimum absolute atomic E-state index is 0.0294. The van der Waals surface area contributed by atoms with Crippen LogP contribution < -0.4 is 15.4 Å². The lowest BCUT2D eigenvalue weighted by molar-refractivity contribution is -0.120. The fraction of sp³-hybridized carbons (Fsp3) is 0.462. The van der Waals surface area contributed by atoms with Gasteiger partial charge >= 0.3 is 0 Å². The van der Waals surface area contributed by atoms with Crippen LogP contribution in [0, 0.1) is 0 Å². The predicted octanol–water partition coefficient (Wildman–Crippen LogP) is 1.31. The Labute approximate surface area is 102 Å². The number of carbonyl (C=O) groups is 1. The van der Waals surface area contributed by atoms with Gasteiger partial charge in [-0.25, -0.2) is 0 Å². The van der Waals surface area contributed by atoms with Crippen LogP contribution in [0.2, 0.25) is 0 Å². The quantitative estimate of drug-likeness (QED) is 0.750. The number of rotatable bonds is 7. The van der Waals surface area contributed by atoms with Gasteiger partial charge in [0.15, 0.2) is 0 Å². The molecule has 0 aromatic heterocycles. The lowest BCUT2D eigenvalue weighted by Crippen LogP contribution is -2.33. The van der Waals surface area contributed by atoms with E-state index in [-0.39, 0.29) is 5.91 Å². The molecule has 1 rings (SSSR count). The van der Waals surface area contributed by atoms with E-state index in [9.17, 15) is 4.79 Å². The minimum atomic E-state index is 0.0294. The zero-order valence-corrected chi connectivity index (χ0v) is 10.5. The first-order valence-corrected chi connectivity index (χ1v) is 5.87. The Morgan fingerprint density at radius 3 is 2.82 bits per heavy atom. The first kappa shape index (κ1) is 13.5. The van der Waals surface area contributed by atoms with E-state index >= 15 is 0 Å². The topological polar surface area (TPSA) is 50.4 Å². The van der Waals surface area contributed by atoms with Gasteiger partial charge in [0.1, 0.15) is 5.75 Å². The molecule has 1 amide bonds. The smallest absolute Gasteiger partial charge is 0.233 e. The van der Waals surface area contributed by atoms with Crippen molar-refractivity contribution in [1.82, 2.24) is 10.6 Å². The van der Waals surface area contributed by atoms with Crippen molar-refractivity contribution in [2.45, 2.75) is 19.9 Å². The van der Waals surface area contributed by atoms with Crippen LogP contribution in [-0.2, 0) is 11.3 Å². The molecular formula is C13H20N2O2. The van der Waals surface area contributed by atoms with E-state index in [1.165, 1.54) is 0 Å². The Morgan fingerprint density at radius 2 is 2.12 bits per heavy atom. The third kappa shape index (κ3) is 4.87. The van der Waals surface area contributed by atoms with Crippen molar-refractivity contribution in [2.75, 3.05) is 20.2 Å². The summed E-state index contributed by atoms with van der Waals surface area (Å²) >= 11 is 0. The van der Waals surface area contributed by atoms with E-state index in [1.807, 2.05) is 31.2 Å². The van der Waals surface area contributed by atoms with Gasteiger partial charge in [0.25, 0.3) is 0 Å². The van der Waals surface area contributed by atoms with Crippen LogP contribution in [0.25, 0.3) is 0 Å². The van der Waals surface area contributed by atoms with Gasteiger partial charge < -0.3 is 15.4 Å². The summed E-state index contributed by atoms with van der Waals surface area (Å²) in [6, 6.07) is 7.77. The molecule has 0 saturated carbocycles. The standard InChI is InChI=1S/C13H20N2O2/c1-3-8-15-13(16)10-14-9-11-6-4-5-7-12(11)17-2/h4-7,14H,3,8-10H2,1-2H3,(H,15,16). The molecule has 0 unspecified atom stereocenters. The lowest BCUT2D eigenvalue weighted by atomic mass is 10.2. The fourth-order valence-electron chi connectivity index (χ4n) is 1.49. The maximum Gasteiger partial charge on any atom is 0.233 e. The average molecular weight is 236 g/mol. The number of hydrogen-bond donors (Lipinski definition) is 2. The zero-order valence-electron chi connectivity index (χ0n) is 10.5. The largest absolute Gasteiger partial charge is 0.496 e. The van der Waals surface area contributed by atoms with Crippen molar-refractivity contribution in [3.8, 4) is 5.75 Å². The maximum absolute atomic E-state index is 11.3. The molecule has 0 aliphatic carbocycles. The van der Waals surface area contributed by atoms with Gasteiger partial charge in [-0.2, -0.15) is 0 Å². The summed E-state index contributed by atoms with van der Waals surface area (Å²) in [6.45, 7) is 3.72. The number of ether oxygens (including phenoxy) is 1. The molecule has 2 N–H and O–H groups in total. The summed E-state index contributed by atoms with van der Waals surface area (Å²) in [5.41, 5.74) is 1.05. The molecule has 0 radical (unpaired) electrons. The van der Waals surface area contributed by atoms with E-state index in [0.29, 0.717) is 13.1 Å². The Bertz CT molecular complexity index is 353. The molecule has 0 spiro atoms. The van der Waals surface area contributed by atoms with Gasteiger partial charge in [0, 0.05) is 18.7 Å². The summed E-state index contributed by atoms with van der Waals surface area (Å²) in [5, 5.41) is 5.91. The summed E-state index contributed by atoms with van der Waals surface area (Å²) in [6.07, 6.45) is 0.957. The van der Waals surface area contributed by atoms with Crippen LogP contribution in [0.4, 0.5) is 0 Å². The first-order valence-electron chi connectivity index (χ1n) is 5.87. The van der Waals surface area contributed by atoms with Gasteiger partial charge in [0.05, 0.1) is 13.7 Å². The van der Waals surface area contributed by atoms with Crippen molar-refractivity contribution in [2.24, 2.45) is 0 Å². The molecule has 0 saturated heterocycles. The van der Waals surface area contributed by atoms with Crippen LogP contribution in [0.5, 0.6) is 5.75 Å². The summed E-state index contributed by atoms with van der Waals surface area (Å²) in [4.78, 5) is 11.3. The zero-order chi connectivity index (χ0) is 12.5. The van der Waals surface area contributed by atoms with Gasteiger partial charge in [-0.05, 0) is 12.5 Å². The number of methoxy groups -OCH3 is 1. The minimum Gasteiger partial charge on any atom is -0.496 e. The third-order valence-corrected chi connectivity index (χ3v) is 2.37. The summed E-state index contributed by atoms with van der Waals surface area (Å²) in [7, 11) is 1.65. The lowest BCUT2D eigenvalue weighted by Gasteiger charge is -2.09. The predicted molar refractivity (Wildman–Crippen MR) is 68.0 cm³/mol. The number of amides is 1. The second-order valence-corrected chi connectivity index (χ2v) is 3.77. The van der Waals surface area contributed by atoms with Crippen LogP contribution in [0.1, 0.15) is 18.9 Å². The van der Waals surface area contributed by atoms with Crippen LogP contribution in [0.15, 0.2) is 24.3 Å². The Balaban J connectivity index is 2.33. The molecule has 0 aliphatic heterocycles. The average Bonchev–Trinajstić information content (AvgIpc) is 2.37. The third-order valence-electron chi connectivity index (χ3n) is 2.37. The number of carbonyl (C=O) groups excluding carboxylic acids is 1. The molecule has 4 nitrogen and oxygen atoms in total. The van der Waals surface area contributed by atoms with E-state index in [0.717, 1.165) is 24.3 Å². The normalized spacial score (nSPS) is 10.0. The number of para-hydroxylation sites is 1. The molecule has 0 fully saturated rings. The highest BCUT2D eigenvalue weighted by atomic mass is 16.5. The Kier molecular flexibility index (Phi) is 6.10. The second kappa shape index (κ2) is 7.68. The molecule has 0 bridgehead atoms. The van der Waals surface area contributed by atoms with Crippen molar-refractivity contribution in [3.05, 3.63) is 29.8 Å². The van der Waals surface area contributed by atoms with E-state index in [2.05, 4.69) is 10.6 Å². The second-order valence-electron chi connectivity index (χ2n) is 3.77. The molecule has 1 aromatic rings. The van der Waals surface area contributed by atoms with Gasteiger partial charge in [-0.3, -0.25) is 4.79 Å². The Morgan fingerprint density at radius 1 is 1.35 bits per heavy atom. The number of benzene rings is 1. The Hall–Kier alpha value is -1.55. The van der Waals surface area contributed by atoms with Gasteiger partial charge in [-0.1, -0.05) is 25.1 Å². The number of hydrogen-bond acceptors (Lipinski definition) is 3. The van der Waals surface area contributed by atoms with Crippen LogP contribution >= 0.6 is 0 Å². The van der Waals surface area contributed by atoms with Crippen molar-refractivity contribution < 1.29 is 9.53 Å². The monoisotopic (exact) mass is 236 g/mol. The molecule has 94 valence electrons. The first-order chi connectivity index (χ1) is 8.27. The molecule has 1 aromatic carbocycles. The molecule has 0 aliphatic rings. The fourth-order valence-corrected chi connectivity index (χ4v) is 1.49. The highest BCUT2D eigenvalue weighted by molar-refractivity contribution is 5.77. The van der Waals surface area contributed by atoms with Crippen molar-refractivity contribution in [3.63, 3.8) is 0 Å². The highest BCUT2D eigenvalue weighted by Gasteiger charge is 2.02. The summed E-state index contributed by atoms with van der Waals surface area (Å²) in [5.74, 6) is 0.871. The van der Waals surface area contributed by atoms with E-state index in [4.69, 9.17) is 4.74 Å². The van der Waals surface area contributed by atoms with Crippen LogP contribution in [-0.4, -0.2) is 26.1 Å². The molecule has 17 heavy (non-hydrogen) atoms. The van der Waals surface area contributed by atoms with Crippen molar-refractivity contribution in [1.29, 1.82) is 0 Å². The molecule has 4 heteroatoms.